The van der Waals surface area contributed by atoms with Crippen molar-refractivity contribution in [2.45, 2.75) is 95.0 Å². The van der Waals surface area contributed by atoms with Gasteiger partial charge in [-0.15, -0.1) is 0 Å². The fourth-order valence-electron chi connectivity index (χ4n) is 6.10. The van der Waals surface area contributed by atoms with E-state index in [0.29, 0.717) is 24.5 Å². The van der Waals surface area contributed by atoms with E-state index in [1.54, 1.807) is 40.1 Å². The second-order valence-corrected chi connectivity index (χ2v) is 13.0. The SMILES string of the molecule is COc1ccc2c(O[C@@H]3C[C@H]4C(=O)N[C@]5(C(=O)O)C[C@@H]5/C=C\CCCCC[C@H](NC(=O)OC(C)(C)C)C(=O)N4C3)nccc2c1. The highest BCUT2D eigenvalue weighted by Crippen LogP contribution is 2.45. The van der Waals surface area contributed by atoms with E-state index in [1.165, 1.54) is 4.90 Å². The minimum absolute atomic E-state index is 0.0427. The molecule has 2 aliphatic heterocycles. The lowest BCUT2D eigenvalue weighted by Gasteiger charge is -2.30. The van der Waals surface area contributed by atoms with Crippen LogP contribution in [0.1, 0.15) is 65.7 Å². The van der Waals surface area contributed by atoms with Gasteiger partial charge < -0.3 is 34.9 Å². The summed E-state index contributed by atoms with van der Waals surface area (Å²) in [7, 11) is 1.58. The molecule has 1 saturated heterocycles. The number of hydrogen-bond donors (Lipinski definition) is 3. The van der Waals surface area contributed by atoms with E-state index in [-0.39, 0.29) is 25.3 Å². The lowest BCUT2D eigenvalue weighted by molar-refractivity contribution is -0.145. The first-order chi connectivity index (χ1) is 21.4. The van der Waals surface area contributed by atoms with Crippen LogP contribution in [0, 0.1) is 5.92 Å². The summed E-state index contributed by atoms with van der Waals surface area (Å²) in [5, 5.41) is 17.2. The number of amides is 3. The third-order valence-electron chi connectivity index (χ3n) is 8.53. The van der Waals surface area contributed by atoms with Crippen molar-refractivity contribution in [2.75, 3.05) is 13.7 Å². The maximum atomic E-state index is 14.2. The Morgan fingerprint density at radius 1 is 1.16 bits per heavy atom. The number of benzene rings is 1. The Kier molecular flexibility index (Phi) is 9.22. The van der Waals surface area contributed by atoms with Crippen molar-refractivity contribution in [1.82, 2.24) is 20.5 Å². The molecule has 2 aromatic rings. The van der Waals surface area contributed by atoms with Crippen LogP contribution in [0.25, 0.3) is 10.8 Å². The topological polar surface area (TPSA) is 156 Å². The number of ether oxygens (including phenoxy) is 3. The number of alkyl carbamates (subject to hydrolysis) is 1. The van der Waals surface area contributed by atoms with Crippen LogP contribution < -0.4 is 20.1 Å². The maximum Gasteiger partial charge on any atom is 0.408 e. The van der Waals surface area contributed by atoms with Gasteiger partial charge in [-0.25, -0.2) is 14.6 Å². The summed E-state index contributed by atoms with van der Waals surface area (Å²) < 4.78 is 17.1. The highest BCUT2D eigenvalue weighted by Gasteiger charge is 2.61. The molecule has 5 atom stereocenters. The van der Waals surface area contributed by atoms with Crippen molar-refractivity contribution in [3.63, 3.8) is 0 Å². The van der Waals surface area contributed by atoms with Crippen LogP contribution >= 0.6 is 0 Å². The normalized spacial score (nSPS) is 28.0. The molecule has 3 N–H and O–H groups in total. The molecule has 0 unspecified atom stereocenters. The van der Waals surface area contributed by atoms with Crippen LogP contribution in [-0.4, -0.2) is 81.8 Å². The molecule has 1 aromatic carbocycles. The number of carbonyl (C=O) groups is 4. The van der Waals surface area contributed by atoms with Gasteiger partial charge in [0.1, 0.15) is 35.1 Å². The number of nitrogens with one attached hydrogen (secondary N) is 2. The number of methoxy groups -OCH3 is 1. The van der Waals surface area contributed by atoms with Crippen molar-refractivity contribution < 1.29 is 38.5 Å². The van der Waals surface area contributed by atoms with Crippen LogP contribution in [0.5, 0.6) is 11.6 Å². The number of pyridine rings is 1. The summed E-state index contributed by atoms with van der Waals surface area (Å²) in [5.74, 6) is -1.45. The average Bonchev–Trinajstić information content (AvgIpc) is 3.51. The third-order valence-corrected chi connectivity index (χ3v) is 8.53. The van der Waals surface area contributed by atoms with Crippen LogP contribution in [0.2, 0.25) is 0 Å². The van der Waals surface area contributed by atoms with E-state index >= 15 is 0 Å². The van der Waals surface area contributed by atoms with Gasteiger partial charge in [0.2, 0.25) is 17.7 Å². The molecule has 242 valence electrons. The number of hydrogen-bond acceptors (Lipinski definition) is 8. The number of aliphatic carboxylic acids is 1. The van der Waals surface area contributed by atoms with E-state index in [0.717, 1.165) is 30.0 Å². The Hall–Kier alpha value is -4.35. The zero-order chi connectivity index (χ0) is 32.4. The van der Waals surface area contributed by atoms with Crippen LogP contribution in [0.3, 0.4) is 0 Å². The molecular weight excluding hydrogens is 580 g/mol. The Bertz CT molecular complexity index is 1490. The number of carboxylic acids is 1. The minimum atomic E-state index is -1.42. The van der Waals surface area contributed by atoms with Crippen LogP contribution in [-0.2, 0) is 19.1 Å². The number of carbonyl (C=O) groups excluding carboxylic acids is 3. The van der Waals surface area contributed by atoms with Crippen molar-refractivity contribution in [2.24, 2.45) is 5.92 Å². The second kappa shape index (κ2) is 12.9. The summed E-state index contributed by atoms with van der Waals surface area (Å²) in [6.45, 7) is 5.26. The van der Waals surface area contributed by atoms with Gasteiger partial charge in [0.05, 0.1) is 13.7 Å². The van der Waals surface area contributed by atoms with Gasteiger partial charge in [0.15, 0.2) is 0 Å². The number of nitrogens with zero attached hydrogens (tertiary/aromatic N) is 2. The summed E-state index contributed by atoms with van der Waals surface area (Å²) in [6, 6.07) is 5.36. The van der Waals surface area contributed by atoms with E-state index in [9.17, 15) is 24.3 Å². The van der Waals surface area contributed by atoms with Gasteiger partial charge in [-0.2, -0.15) is 0 Å². The largest absolute Gasteiger partial charge is 0.497 e. The predicted molar refractivity (Wildman–Crippen MR) is 165 cm³/mol. The molecule has 2 fully saturated rings. The standard InChI is InChI=1S/C33H42N4O8/c1-32(2,3)45-31(42)35-25-11-9-7-5-6-8-10-21-18-33(21,30(40)41)36-27(38)26-17-23(19-37(26)29(25)39)44-28-24-13-12-22(43-4)16-20(24)14-15-34-28/h8,10,12-16,21,23,25-26H,5-7,9,11,17-19H2,1-4H3,(H,35,42)(H,36,38)(H,40,41)/b10-8-/t21-,23+,25-,26-,33+/m0/s1. The smallest absolute Gasteiger partial charge is 0.408 e. The van der Waals surface area contributed by atoms with Crippen LogP contribution in [0.15, 0.2) is 42.6 Å². The number of carboxylic acid groups (broad SMARTS) is 1. The van der Waals surface area contributed by atoms with Gasteiger partial charge in [0.25, 0.3) is 0 Å². The van der Waals surface area contributed by atoms with Gasteiger partial charge in [0, 0.05) is 23.9 Å². The number of allylic oxidation sites excluding steroid dienone is 1. The molecule has 12 heteroatoms. The van der Waals surface area contributed by atoms with Crippen molar-refractivity contribution >= 4 is 34.6 Å². The molecule has 0 spiro atoms. The molecule has 12 nitrogen and oxygen atoms in total. The zero-order valence-corrected chi connectivity index (χ0v) is 26.2. The lowest BCUT2D eigenvalue weighted by atomic mass is 10.0. The first-order valence-corrected chi connectivity index (χ1v) is 15.5. The summed E-state index contributed by atoms with van der Waals surface area (Å²) in [5.41, 5.74) is -2.19. The number of aromatic nitrogens is 1. The molecule has 5 rings (SSSR count). The second-order valence-electron chi connectivity index (χ2n) is 13.0. The van der Waals surface area contributed by atoms with E-state index < -0.39 is 53.2 Å². The minimum Gasteiger partial charge on any atom is -0.497 e. The fourth-order valence-corrected chi connectivity index (χ4v) is 6.10. The average molecular weight is 623 g/mol. The van der Waals surface area contributed by atoms with Crippen molar-refractivity contribution in [3.05, 3.63) is 42.6 Å². The zero-order valence-electron chi connectivity index (χ0n) is 26.2. The van der Waals surface area contributed by atoms with Crippen molar-refractivity contribution in [1.29, 1.82) is 0 Å². The maximum absolute atomic E-state index is 14.2. The van der Waals surface area contributed by atoms with E-state index in [1.807, 2.05) is 30.4 Å². The monoisotopic (exact) mass is 622 g/mol. The summed E-state index contributed by atoms with van der Waals surface area (Å²) in [4.78, 5) is 58.9. The Morgan fingerprint density at radius 2 is 1.96 bits per heavy atom. The Labute approximate surface area is 262 Å². The Morgan fingerprint density at radius 3 is 2.69 bits per heavy atom. The van der Waals surface area contributed by atoms with Gasteiger partial charge in [-0.1, -0.05) is 25.0 Å². The molecule has 3 aliphatic rings. The molecule has 0 radical (unpaired) electrons. The third kappa shape index (κ3) is 7.32. The Balaban J connectivity index is 1.44. The molecule has 3 heterocycles. The predicted octanol–water partition coefficient (Wildman–Crippen LogP) is 3.96. The molecule has 1 aromatic heterocycles. The number of fused-ring (bicyclic) bond motifs is 3. The molecule has 45 heavy (non-hydrogen) atoms. The fraction of sp³-hybridized carbons (Fsp3) is 0.545. The summed E-state index contributed by atoms with van der Waals surface area (Å²) in [6.07, 6.45) is 7.90. The quantitative estimate of drug-likeness (QED) is 0.420. The summed E-state index contributed by atoms with van der Waals surface area (Å²) >= 11 is 0. The highest BCUT2D eigenvalue weighted by atomic mass is 16.6. The van der Waals surface area contributed by atoms with Crippen molar-refractivity contribution in [3.8, 4) is 11.6 Å². The first-order valence-electron chi connectivity index (χ1n) is 15.5. The molecule has 0 bridgehead atoms. The number of rotatable bonds is 5. The molecule has 1 saturated carbocycles. The van der Waals surface area contributed by atoms with E-state index in [2.05, 4.69) is 15.6 Å². The van der Waals surface area contributed by atoms with Gasteiger partial charge >= 0.3 is 12.1 Å². The first kappa shape index (κ1) is 32.1. The van der Waals surface area contributed by atoms with Gasteiger partial charge in [-0.05, 0) is 76.1 Å². The molecular formula is C33H42N4O8. The van der Waals surface area contributed by atoms with E-state index in [4.69, 9.17) is 14.2 Å². The highest BCUT2D eigenvalue weighted by molar-refractivity contribution is 5.96. The molecule has 3 amide bonds. The molecule has 1 aliphatic carbocycles. The van der Waals surface area contributed by atoms with Crippen LogP contribution in [0.4, 0.5) is 4.79 Å². The lowest BCUT2D eigenvalue weighted by Crippen LogP contribution is -2.56. The van der Waals surface area contributed by atoms with Gasteiger partial charge in [-0.3, -0.25) is 9.59 Å².